The summed E-state index contributed by atoms with van der Waals surface area (Å²) in [5.41, 5.74) is 0. The minimum absolute atomic E-state index is 0. The summed E-state index contributed by atoms with van der Waals surface area (Å²) in [6.07, 6.45) is 2.11. The van der Waals surface area contributed by atoms with Gasteiger partial charge in [-0.3, -0.25) is 4.99 Å². The summed E-state index contributed by atoms with van der Waals surface area (Å²) >= 11 is 3.30. The van der Waals surface area contributed by atoms with Crippen LogP contribution in [-0.4, -0.2) is 39.8 Å². The normalized spacial score (nSPS) is 11.7. The lowest BCUT2D eigenvalue weighted by Crippen LogP contribution is -2.39. The zero-order valence-corrected chi connectivity index (χ0v) is 18.2. The Bertz CT molecular complexity index is 577. The average molecular weight is 518 g/mol. The number of halogens is 2. The zero-order valence-electron chi connectivity index (χ0n) is 13.5. The van der Waals surface area contributed by atoms with Crippen LogP contribution in [0.4, 0.5) is 0 Å². The highest BCUT2D eigenvalue weighted by molar-refractivity contribution is 14.0. The van der Waals surface area contributed by atoms with Gasteiger partial charge in [-0.15, -0.1) is 24.0 Å². The van der Waals surface area contributed by atoms with Gasteiger partial charge in [0.2, 0.25) is 0 Å². The number of aliphatic imine (C=N–C) groups is 1. The number of nitrogens with zero attached hydrogens (tertiary/aromatic N) is 1. The molecule has 5 nitrogen and oxygen atoms in total. The number of guanidine groups is 1. The SMILES string of the molecule is CCCCN=C(NCC)NCCS(=O)(=O)c1ccc(Br)cc1.I. The molecule has 23 heavy (non-hydrogen) atoms. The number of nitrogens with one attached hydrogen (secondary N) is 2. The minimum atomic E-state index is -3.28. The second-order valence-corrected chi connectivity index (χ2v) is 7.84. The molecule has 0 aliphatic rings. The van der Waals surface area contributed by atoms with Gasteiger partial charge in [0.15, 0.2) is 15.8 Å². The Kier molecular flexibility index (Phi) is 11.9. The van der Waals surface area contributed by atoms with Crippen molar-refractivity contribution in [2.24, 2.45) is 4.99 Å². The molecule has 0 unspecified atom stereocenters. The Hall–Kier alpha value is -0.350. The molecule has 0 radical (unpaired) electrons. The molecule has 0 heterocycles. The maximum absolute atomic E-state index is 12.2. The van der Waals surface area contributed by atoms with Gasteiger partial charge in [0, 0.05) is 24.1 Å². The molecule has 1 rings (SSSR count). The van der Waals surface area contributed by atoms with Crippen molar-refractivity contribution in [2.45, 2.75) is 31.6 Å². The van der Waals surface area contributed by atoms with E-state index < -0.39 is 9.84 Å². The van der Waals surface area contributed by atoms with Gasteiger partial charge in [-0.2, -0.15) is 0 Å². The summed E-state index contributed by atoms with van der Waals surface area (Å²) in [7, 11) is -3.28. The van der Waals surface area contributed by atoms with E-state index in [4.69, 9.17) is 0 Å². The van der Waals surface area contributed by atoms with Crippen LogP contribution in [0.15, 0.2) is 38.6 Å². The Morgan fingerprint density at radius 2 is 1.83 bits per heavy atom. The van der Waals surface area contributed by atoms with Gasteiger partial charge in [0.25, 0.3) is 0 Å². The van der Waals surface area contributed by atoms with Crippen LogP contribution in [0, 0.1) is 0 Å². The highest BCUT2D eigenvalue weighted by Crippen LogP contribution is 2.15. The van der Waals surface area contributed by atoms with E-state index in [0.29, 0.717) is 17.4 Å². The van der Waals surface area contributed by atoms with Crippen LogP contribution in [-0.2, 0) is 9.84 Å². The van der Waals surface area contributed by atoms with Crippen molar-refractivity contribution in [2.75, 3.05) is 25.4 Å². The van der Waals surface area contributed by atoms with Crippen molar-refractivity contribution in [3.63, 3.8) is 0 Å². The molecular weight excluding hydrogens is 493 g/mol. The van der Waals surface area contributed by atoms with E-state index in [2.05, 4.69) is 38.5 Å². The molecule has 0 bridgehead atoms. The summed E-state index contributed by atoms with van der Waals surface area (Å²) in [4.78, 5) is 4.74. The summed E-state index contributed by atoms with van der Waals surface area (Å²) in [6.45, 7) is 5.91. The van der Waals surface area contributed by atoms with Gasteiger partial charge >= 0.3 is 0 Å². The van der Waals surface area contributed by atoms with Gasteiger partial charge in [0.05, 0.1) is 10.6 Å². The predicted molar refractivity (Wildman–Crippen MR) is 110 cm³/mol. The fourth-order valence-corrected chi connectivity index (χ4v) is 3.18. The Morgan fingerprint density at radius 3 is 2.39 bits per heavy atom. The van der Waals surface area contributed by atoms with Gasteiger partial charge in [-0.05, 0) is 37.6 Å². The molecule has 0 saturated heterocycles. The van der Waals surface area contributed by atoms with Crippen molar-refractivity contribution in [1.82, 2.24) is 10.6 Å². The van der Waals surface area contributed by atoms with E-state index in [-0.39, 0.29) is 29.7 Å². The van der Waals surface area contributed by atoms with Crippen LogP contribution in [0.25, 0.3) is 0 Å². The summed E-state index contributed by atoms with van der Waals surface area (Å²) in [5.74, 6) is 0.703. The molecule has 1 aromatic rings. The van der Waals surface area contributed by atoms with E-state index in [0.717, 1.165) is 30.4 Å². The third kappa shape index (κ3) is 8.90. The third-order valence-electron chi connectivity index (χ3n) is 2.96. The molecule has 0 aromatic heterocycles. The van der Waals surface area contributed by atoms with Gasteiger partial charge in [-0.1, -0.05) is 29.3 Å². The average Bonchev–Trinajstić information content (AvgIpc) is 2.48. The minimum Gasteiger partial charge on any atom is -0.357 e. The molecule has 0 fully saturated rings. The maximum Gasteiger partial charge on any atom is 0.191 e. The molecule has 0 spiro atoms. The van der Waals surface area contributed by atoms with E-state index in [9.17, 15) is 8.42 Å². The molecule has 0 aliphatic carbocycles. The monoisotopic (exact) mass is 517 g/mol. The number of hydrogen-bond donors (Lipinski definition) is 2. The first-order valence-electron chi connectivity index (χ1n) is 7.50. The zero-order chi connectivity index (χ0) is 16.4. The van der Waals surface area contributed by atoms with Gasteiger partial charge < -0.3 is 10.6 Å². The van der Waals surface area contributed by atoms with Gasteiger partial charge in [-0.25, -0.2) is 8.42 Å². The number of sulfone groups is 1. The maximum atomic E-state index is 12.2. The molecule has 0 aliphatic heterocycles. The van der Waals surface area contributed by atoms with Crippen LogP contribution in [0.2, 0.25) is 0 Å². The second kappa shape index (κ2) is 12.1. The van der Waals surface area contributed by atoms with Crippen molar-refractivity contribution < 1.29 is 8.42 Å². The molecule has 0 amide bonds. The second-order valence-electron chi connectivity index (χ2n) is 4.81. The molecule has 0 saturated carbocycles. The lowest BCUT2D eigenvalue weighted by Gasteiger charge is -2.11. The highest BCUT2D eigenvalue weighted by atomic mass is 127. The smallest absolute Gasteiger partial charge is 0.191 e. The number of unbranched alkanes of at least 4 members (excludes halogenated alkanes) is 1. The van der Waals surface area contributed by atoms with Crippen LogP contribution in [0.5, 0.6) is 0 Å². The topological polar surface area (TPSA) is 70.6 Å². The van der Waals surface area contributed by atoms with Crippen molar-refractivity contribution in [3.8, 4) is 0 Å². The van der Waals surface area contributed by atoms with Crippen LogP contribution in [0.3, 0.4) is 0 Å². The largest absolute Gasteiger partial charge is 0.357 e. The van der Waals surface area contributed by atoms with Crippen molar-refractivity contribution in [1.29, 1.82) is 0 Å². The lowest BCUT2D eigenvalue weighted by atomic mass is 10.3. The van der Waals surface area contributed by atoms with Crippen LogP contribution >= 0.6 is 39.9 Å². The fourth-order valence-electron chi connectivity index (χ4n) is 1.75. The quantitative estimate of drug-likeness (QED) is 0.240. The number of rotatable bonds is 8. The molecule has 2 N–H and O–H groups in total. The van der Waals surface area contributed by atoms with E-state index in [1.807, 2.05) is 6.92 Å². The highest BCUT2D eigenvalue weighted by Gasteiger charge is 2.14. The number of benzene rings is 1. The molecule has 8 heteroatoms. The lowest BCUT2D eigenvalue weighted by molar-refractivity contribution is 0.594. The van der Waals surface area contributed by atoms with Crippen LogP contribution in [0.1, 0.15) is 26.7 Å². The van der Waals surface area contributed by atoms with Gasteiger partial charge in [0.1, 0.15) is 0 Å². The molecule has 1 aromatic carbocycles. The summed E-state index contributed by atoms with van der Waals surface area (Å²) in [6, 6.07) is 6.69. The van der Waals surface area contributed by atoms with Crippen LogP contribution < -0.4 is 10.6 Å². The predicted octanol–water partition coefficient (Wildman–Crippen LogP) is 3.20. The van der Waals surface area contributed by atoms with E-state index in [1.54, 1.807) is 24.3 Å². The standard InChI is InChI=1S/C15H24BrN3O2S.HI/c1-3-5-10-18-15(17-4-2)19-11-12-22(20,21)14-8-6-13(16)7-9-14;/h6-9H,3-5,10-12H2,1-2H3,(H2,17,18,19);1H. The first-order valence-corrected chi connectivity index (χ1v) is 9.94. The summed E-state index contributed by atoms with van der Waals surface area (Å²) in [5, 5.41) is 6.18. The number of hydrogen-bond acceptors (Lipinski definition) is 3. The molecule has 0 atom stereocenters. The fraction of sp³-hybridized carbons (Fsp3) is 0.533. The summed E-state index contributed by atoms with van der Waals surface area (Å²) < 4.78 is 25.3. The van der Waals surface area contributed by atoms with Crippen molar-refractivity contribution in [3.05, 3.63) is 28.7 Å². The van der Waals surface area contributed by atoms with E-state index >= 15 is 0 Å². The van der Waals surface area contributed by atoms with E-state index in [1.165, 1.54) is 0 Å². The Morgan fingerprint density at radius 1 is 1.17 bits per heavy atom. The van der Waals surface area contributed by atoms with Crippen molar-refractivity contribution >= 4 is 55.7 Å². The Balaban J connectivity index is 0.00000484. The first kappa shape index (κ1) is 22.6. The first-order chi connectivity index (χ1) is 10.5. The Labute approximate surface area is 164 Å². The molecular formula is C15H25BrIN3O2S. The molecule has 132 valence electrons. The third-order valence-corrected chi connectivity index (χ3v) is 5.22.